The van der Waals surface area contributed by atoms with Crippen molar-refractivity contribution in [2.24, 2.45) is 5.16 Å². The second-order valence-electron chi connectivity index (χ2n) is 7.52. The molecule has 158 valence electrons. The minimum atomic E-state index is -3.86. The molecule has 8 nitrogen and oxygen atoms in total. The largest absolute Gasteiger partial charge is 0.387 e. The first-order valence-electron chi connectivity index (χ1n) is 9.45. The number of rotatable bonds is 5. The van der Waals surface area contributed by atoms with Crippen LogP contribution in [0.5, 0.6) is 0 Å². The molecular formula is C20H21FN4O4S. The van der Waals surface area contributed by atoms with Gasteiger partial charge in [-0.1, -0.05) is 17.3 Å². The van der Waals surface area contributed by atoms with Crippen molar-refractivity contribution < 1.29 is 22.4 Å². The monoisotopic (exact) mass is 432 g/mol. The third kappa shape index (κ3) is 3.92. The number of hydrogen-bond donors (Lipinski definition) is 0. The van der Waals surface area contributed by atoms with Gasteiger partial charge in [0.15, 0.2) is 5.60 Å². The number of carbonyl (C=O) groups excluding carboxylic acids is 1. The Kier molecular flexibility index (Phi) is 5.29. The predicted octanol–water partition coefficient (Wildman–Crippen LogP) is 1.79. The molecule has 3 heterocycles. The molecule has 1 spiro atoms. The van der Waals surface area contributed by atoms with Crippen LogP contribution in [0.1, 0.15) is 18.5 Å². The summed E-state index contributed by atoms with van der Waals surface area (Å²) in [5.41, 5.74) is 0.117. The van der Waals surface area contributed by atoms with E-state index in [-0.39, 0.29) is 36.0 Å². The van der Waals surface area contributed by atoms with E-state index in [1.165, 1.54) is 27.4 Å². The highest BCUT2D eigenvalue weighted by Gasteiger charge is 2.50. The first kappa shape index (κ1) is 20.4. The summed E-state index contributed by atoms with van der Waals surface area (Å²) in [6, 6.07) is 10.4. The van der Waals surface area contributed by atoms with Crippen molar-refractivity contribution in [3.8, 4) is 0 Å². The van der Waals surface area contributed by atoms with E-state index in [0.29, 0.717) is 13.0 Å². The van der Waals surface area contributed by atoms with Crippen LogP contribution in [0, 0.1) is 5.82 Å². The van der Waals surface area contributed by atoms with E-state index in [1.807, 2.05) is 12.1 Å². The van der Waals surface area contributed by atoms with Crippen LogP contribution in [-0.2, 0) is 26.2 Å². The Hall–Kier alpha value is -2.85. The molecule has 1 aromatic heterocycles. The lowest BCUT2D eigenvalue weighted by Crippen LogP contribution is -2.39. The Balaban J connectivity index is 1.42. The van der Waals surface area contributed by atoms with E-state index in [2.05, 4.69) is 10.1 Å². The number of oxime groups is 1. The number of nitrogens with zero attached hydrogens (tertiary/aromatic N) is 4. The molecule has 1 amide bonds. The lowest BCUT2D eigenvalue weighted by atomic mass is 9.96. The SMILES string of the molecule is CN(Cc1ccccn1)C(=O)C1=NOC2(CCN(S(=O)(=O)c3cccc(F)c3)C2)C1. The standard InChI is InChI=1S/C20H21FN4O4S/c1-24(13-16-6-2-3-9-22-16)19(26)18-12-20(29-23-18)8-10-25(14-20)30(27,28)17-7-4-5-15(21)11-17/h2-7,9,11H,8,10,12-14H2,1H3. The molecule has 4 rings (SSSR count). The summed E-state index contributed by atoms with van der Waals surface area (Å²) in [5.74, 6) is -0.904. The quantitative estimate of drug-likeness (QED) is 0.718. The number of halogens is 1. The fourth-order valence-electron chi connectivity index (χ4n) is 3.67. The second-order valence-corrected chi connectivity index (χ2v) is 9.46. The van der Waals surface area contributed by atoms with Crippen molar-refractivity contribution in [1.29, 1.82) is 0 Å². The number of amides is 1. The Morgan fingerprint density at radius 1 is 1.30 bits per heavy atom. The highest BCUT2D eigenvalue weighted by molar-refractivity contribution is 7.89. The van der Waals surface area contributed by atoms with Crippen LogP contribution < -0.4 is 0 Å². The number of sulfonamides is 1. The summed E-state index contributed by atoms with van der Waals surface area (Å²) in [7, 11) is -2.21. The molecule has 2 aliphatic rings. The van der Waals surface area contributed by atoms with Crippen molar-refractivity contribution in [2.75, 3.05) is 20.1 Å². The van der Waals surface area contributed by atoms with Gasteiger partial charge in [0, 0.05) is 32.6 Å². The molecular weight excluding hydrogens is 411 g/mol. The van der Waals surface area contributed by atoms with Crippen molar-refractivity contribution in [3.05, 3.63) is 60.2 Å². The van der Waals surface area contributed by atoms with Gasteiger partial charge in [0.1, 0.15) is 11.5 Å². The Morgan fingerprint density at radius 3 is 2.87 bits per heavy atom. The zero-order valence-corrected chi connectivity index (χ0v) is 17.2. The minimum absolute atomic E-state index is 0.0517. The van der Waals surface area contributed by atoms with Crippen LogP contribution in [0.25, 0.3) is 0 Å². The number of aromatic nitrogens is 1. The van der Waals surface area contributed by atoms with E-state index in [4.69, 9.17) is 4.84 Å². The third-order valence-corrected chi connectivity index (χ3v) is 7.11. The molecule has 1 aromatic carbocycles. The molecule has 1 fully saturated rings. The third-order valence-electron chi connectivity index (χ3n) is 5.27. The lowest BCUT2D eigenvalue weighted by Gasteiger charge is -2.22. The maximum atomic E-state index is 13.5. The van der Waals surface area contributed by atoms with Gasteiger partial charge in [0.25, 0.3) is 5.91 Å². The van der Waals surface area contributed by atoms with Crippen LogP contribution in [-0.4, -0.2) is 60.0 Å². The van der Waals surface area contributed by atoms with Gasteiger partial charge in [-0.2, -0.15) is 4.31 Å². The fourth-order valence-corrected chi connectivity index (χ4v) is 5.22. The minimum Gasteiger partial charge on any atom is -0.387 e. The summed E-state index contributed by atoms with van der Waals surface area (Å²) in [4.78, 5) is 23.9. The molecule has 30 heavy (non-hydrogen) atoms. The van der Waals surface area contributed by atoms with E-state index in [1.54, 1.807) is 19.3 Å². The summed E-state index contributed by atoms with van der Waals surface area (Å²) >= 11 is 0. The van der Waals surface area contributed by atoms with Crippen LogP contribution in [0.3, 0.4) is 0 Å². The highest BCUT2D eigenvalue weighted by atomic mass is 32.2. The van der Waals surface area contributed by atoms with Gasteiger partial charge in [-0.25, -0.2) is 12.8 Å². The van der Waals surface area contributed by atoms with Crippen molar-refractivity contribution in [1.82, 2.24) is 14.2 Å². The van der Waals surface area contributed by atoms with E-state index in [9.17, 15) is 17.6 Å². The molecule has 0 saturated carbocycles. The maximum Gasteiger partial charge on any atom is 0.271 e. The molecule has 2 aromatic rings. The smallest absolute Gasteiger partial charge is 0.271 e. The van der Waals surface area contributed by atoms with Crippen LogP contribution in [0.2, 0.25) is 0 Å². The zero-order chi connectivity index (χ0) is 21.4. The van der Waals surface area contributed by atoms with Crippen molar-refractivity contribution in [3.63, 3.8) is 0 Å². The molecule has 0 radical (unpaired) electrons. The van der Waals surface area contributed by atoms with Crippen LogP contribution in [0.4, 0.5) is 4.39 Å². The second kappa shape index (κ2) is 7.77. The molecule has 10 heteroatoms. The topological polar surface area (TPSA) is 92.2 Å². The molecule has 0 bridgehead atoms. The lowest BCUT2D eigenvalue weighted by molar-refractivity contribution is -0.123. The van der Waals surface area contributed by atoms with Crippen LogP contribution in [0.15, 0.2) is 58.7 Å². The maximum absolute atomic E-state index is 13.5. The normalized spacial score (nSPS) is 21.5. The zero-order valence-electron chi connectivity index (χ0n) is 16.4. The van der Waals surface area contributed by atoms with E-state index in [0.717, 1.165) is 11.8 Å². The predicted molar refractivity (Wildman–Crippen MR) is 106 cm³/mol. The van der Waals surface area contributed by atoms with Crippen molar-refractivity contribution in [2.45, 2.75) is 29.9 Å². The molecule has 1 atom stereocenters. The molecule has 2 aliphatic heterocycles. The van der Waals surface area contributed by atoms with Gasteiger partial charge in [-0.05, 0) is 30.3 Å². The average Bonchev–Trinajstić information content (AvgIpc) is 3.35. The Bertz CT molecular complexity index is 1090. The number of benzene rings is 1. The molecule has 1 unspecified atom stereocenters. The van der Waals surface area contributed by atoms with Gasteiger partial charge < -0.3 is 9.74 Å². The average molecular weight is 432 g/mol. The Morgan fingerprint density at radius 2 is 2.13 bits per heavy atom. The summed E-state index contributed by atoms with van der Waals surface area (Å²) in [6.45, 7) is 0.585. The van der Waals surface area contributed by atoms with E-state index >= 15 is 0 Å². The number of hydrogen-bond acceptors (Lipinski definition) is 6. The van der Waals surface area contributed by atoms with Gasteiger partial charge in [-0.3, -0.25) is 9.78 Å². The summed E-state index contributed by atoms with van der Waals surface area (Å²) in [6.07, 6.45) is 2.27. The summed E-state index contributed by atoms with van der Waals surface area (Å²) in [5, 5.41) is 3.96. The first-order valence-corrected chi connectivity index (χ1v) is 10.9. The van der Waals surface area contributed by atoms with Gasteiger partial charge >= 0.3 is 0 Å². The summed E-state index contributed by atoms with van der Waals surface area (Å²) < 4.78 is 40.4. The molecule has 0 aliphatic carbocycles. The van der Waals surface area contributed by atoms with E-state index < -0.39 is 21.4 Å². The molecule has 0 N–H and O–H groups in total. The fraction of sp³-hybridized carbons (Fsp3) is 0.350. The number of pyridine rings is 1. The van der Waals surface area contributed by atoms with Crippen molar-refractivity contribution >= 4 is 21.6 Å². The Labute approximate surface area is 174 Å². The van der Waals surface area contributed by atoms with Gasteiger partial charge in [-0.15, -0.1) is 0 Å². The molecule has 1 saturated heterocycles. The van der Waals surface area contributed by atoms with Gasteiger partial charge in [0.2, 0.25) is 10.0 Å². The number of carbonyl (C=O) groups is 1. The van der Waals surface area contributed by atoms with Crippen LogP contribution >= 0.6 is 0 Å². The van der Waals surface area contributed by atoms with Gasteiger partial charge in [0.05, 0.1) is 23.7 Å². The highest BCUT2D eigenvalue weighted by Crippen LogP contribution is 2.36. The first-order chi connectivity index (χ1) is 14.3.